The number of rotatable bonds is 6. The van der Waals surface area contributed by atoms with E-state index in [2.05, 4.69) is 4.98 Å². The van der Waals surface area contributed by atoms with Crippen LogP contribution in [0.3, 0.4) is 0 Å². The summed E-state index contributed by atoms with van der Waals surface area (Å²) < 4.78 is 35.4. The fraction of sp³-hybridized carbons (Fsp3) is 0.667. The van der Waals surface area contributed by atoms with E-state index in [4.69, 9.17) is 9.47 Å². The van der Waals surface area contributed by atoms with Crippen LogP contribution in [0.25, 0.3) is 0 Å². The summed E-state index contributed by atoms with van der Waals surface area (Å²) in [5.74, 6) is -0.0748. The van der Waals surface area contributed by atoms with Crippen molar-refractivity contribution in [3.05, 3.63) is 23.9 Å². The second-order valence-corrected chi connectivity index (χ2v) is 6.62. The van der Waals surface area contributed by atoms with Gasteiger partial charge in [0.25, 0.3) is 12.3 Å². The van der Waals surface area contributed by atoms with Gasteiger partial charge in [0.05, 0.1) is 12.2 Å². The number of hydrogen-bond donors (Lipinski definition) is 0. The quantitative estimate of drug-likeness (QED) is 0.787. The number of hydrogen-bond acceptors (Lipinski definition) is 4. The molecule has 0 spiro atoms. The molecule has 0 radical (unpaired) electrons. The van der Waals surface area contributed by atoms with Crippen molar-refractivity contribution >= 4 is 5.91 Å². The van der Waals surface area contributed by atoms with Gasteiger partial charge in [-0.1, -0.05) is 12.8 Å². The lowest BCUT2D eigenvalue weighted by atomic mass is 10.1. The van der Waals surface area contributed by atoms with Gasteiger partial charge in [-0.05, 0) is 31.7 Å². The maximum Gasteiger partial charge on any atom is 0.272 e. The zero-order valence-corrected chi connectivity index (χ0v) is 14.2. The van der Waals surface area contributed by atoms with Gasteiger partial charge in [-0.2, -0.15) is 0 Å². The average molecular weight is 354 g/mol. The van der Waals surface area contributed by atoms with Gasteiger partial charge in [0, 0.05) is 30.9 Å². The third-order valence-corrected chi connectivity index (χ3v) is 4.76. The maximum absolute atomic E-state index is 12.6. The van der Waals surface area contributed by atoms with Gasteiger partial charge in [-0.3, -0.25) is 4.79 Å². The van der Waals surface area contributed by atoms with E-state index in [-0.39, 0.29) is 17.9 Å². The number of carbonyl (C=O) groups is 1. The van der Waals surface area contributed by atoms with Crippen LogP contribution >= 0.6 is 0 Å². The summed E-state index contributed by atoms with van der Waals surface area (Å²) in [7, 11) is 0. The molecule has 2 aliphatic rings. The zero-order chi connectivity index (χ0) is 17.6. The molecule has 1 aromatic rings. The highest BCUT2D eigenvalue weighted by atomic mass is 19.3. The second-order valence-electron chi connectivity index (χ2n) is 6.62. The first-order chi connectivity index (χ1) is 12.1. The van der Waals surface area contributed by atoms with Gasteiger partial charge in [0.2, 0.25) is 5.88 Å². The lowest BCUT2D eigenvalue weighted by Gasteiger charge is -2.33. The van der Waals surface area contributed by atoms with Crippen LogP contribution in [-0.2, 0) is 4.74 Å². The molecule has 2 heterocycles. The minimum absolute atomic E-state index is 0.0469. The monoisotopic (exact) mass is 354 g/mol. The number of ether oxygens (including phenoxy) is 2. The van der Waals surface area contributed by atoms with Crippen LogP contribution in [0.1, 0.15) is 48.9 Å². The van der Waals surface area contributed by atoms with Crippen molar-refractivity contribution < 1.29 is 23.0 Å². The molecule has 7 heteroatoms. The van der Waals surface area contributed by atoms with E-state index in [9.17, 15) is 13.6 Å². The highest BCUT2D eigenvalue weighted by molar-refractivity contribution is 5.94. The Balaban J connectivity index is 1.50. The van der Waals surface area contributed by atoms with E-state index < -0.39 is 13.0 Å². The van der Waals surface area contributed by atoms with Gasteiger partial charge in [-0.25, -0.2) is 13.8 Å². The predicted molar refractivity (Wildman–Crippen MR) is 88.0 cm³/mol. The molecule has 5 nitrogen and oxygen atoms in total. The number of alkyl halides is 2. The highest BCUT2D eigenvalue weighted by Gasteiger charge is 2.27. The summed E-state index contributed by atoms with van der Waals surface area (Å²) >= 11 is 0. The van der Waals surface area contributed by atoms with E-state index in [0.29, 0.717) is 24.8 Å². The van der Waals surface area contributed by atoms with Crippen molar-refractivity contribution in [2.45, 2.75) is 57.2 Å². The number of piperidine rings is 1. The van der Waals surface area contributed by atoms with Crippen LogP contribution in [0.15, 0.2) is 18.3 Å². The summed E-state index contributed by atoms with van der Waals surface area (Å²) in [5.41, 5.74) is 0.412. The van der Waals surface area contributed by atoms with E-state index in [0.717, 1.165) is 25.7 Å². The van der Waals surface area contributed by atoms with Crippen molar-refractivity contribution in [3.8, 4) is 5.88 Å². The summed E-state index contributed by atoms with van der Waals surface area (Å²) in [6.07, 6.45) is 5.93. The Morgan fingerprint density at radius 1 is 1.20 bits per heavy atom. The van der Waals surface area contributed by atoms with Crippen LogP contribution < -0.4 is 4.74 Å². The highest BCUT2D eigenvalue weighted by Crippen LogP contribution is 2.26. The number of pyridine rings is 1. The van der Waals surface area contributed by atoms with Crippen LogP contribution in [0.5, 0.6) is 5.88 Å². The lowest BCUT2D eigenvalue weighted by Crippen LogP contribution is -2.41. The lowest BCUT2D eigenvalue weighted by molar-refractivity contribution is -0.0357. The molecule has 0 atom stereocenters. The number of halogens is 2. The fourth-order valence-corrected chi connectivity index (χ4v) is 3.44. The molecule has 138 valence electrons. The first-order valence-electron chi connectivity index (χ1n) is 8.93. The largest absolute Gasteiger partial charge is 0.472 e. The minimum atomic E-state index is -2.57. The van der Waals surface area contributed by atoms with Gasteiger partial charge in [0.15, 0.2) is 6.61 Å². The Morgan fingerprint density at radius 2 is 1.88 bits per heavy atom. The van der Waals surface area contributed by atoms with Crippen molar-refractivity contribution in [2.75, 3.05) is 19.7 Å². The maximum atomic E-state index is 12.6. The fourth-order valence-electron chi connectivity index (χ4n) is 3.44. The van der Waals surface area contributed by atoms with E-state index in [1.54, 1.807) is 11.0 Å². The average Bonchev–Trinajstić information content (AvgIpc) is 3.13. The van der Waals surface area contributed by atoms with Crippen LogP contribution in [0, 0.1) is 0 Å². The Kier molecular flexibility index (Phi) is 6.18. The molecule has 0 N–H and O–H groups in total. The van der Waals surface area contributed by atoms with E-state index in [1.807, 2.05) is 0 Å². The Morgan fingerprint density at radius 3 is 2.56 bits per heavy atom. The normalized spacial score (nSPS) is 19.6. The third kappa shape index (κ3) is 5.11. The van der Waals surface area contributed by atoms with Crippen molar-refractivity contribution in [1.82, 2.24) is 9.88 Å². The number of likely N-dealkylation sites (tertiary alicyclic amines) is 1. The molecule has 0 aromatic carbocycles. The van der Waals surface area contributed by atoms with Crippen molar-refractivity contribution in [3.63, 3.8) is 0 Å². The van der Waals surface area contributed by atoms with Crippen LogP contribution in [0.2, 0.25) is 0 Å². The molecular formula is C18H24F2N2O3. The number of aromatic nitrogens is 1. The molecule has 1 aliphatic carbocycles. The molecule has 1 aliphatic heterocycles. The topological polar surface area (TPSA) is 51.7 Å². The molecule has 2 fully saturated rings. The van der Waals surface area contributed by atoms with Crippen molar-refractivity contribution in [1.29, 1.82) is 0 Å². The number of amides is 1. The predicted octanol–water partition coefficient (Wildman–Crippen LogP) is 3.29. The van der Waals surface area contributed by atoms with Gasteiger partial charge in [-0.15, -0.1) is 0 Å². The molecule has 1 saturated heterocycles. The molecule has 1 amide bonds. The third-order valence-electron chi connectivity index (χ3n) is 4.76. The van der Waals surface area contributed by atoms with Crippen LogP contribution in [0.4, 0.5) is 8.78 Å². The van der Waals surface area contributed by atoms with Crippen LogP contribution in [-0.4, -0.2) is 54.1 Å². The number of carbonyl (C=O) groups excluding carboxylic acids is 1. The molecule has 25 heavy (non-hydrogen) atoms. The first-order valence-corrected chi connectivity index (χ1v) is 8.93. The molecule has 0 unspecified atom stereocenters. The van der Waals surface area contributed by atoms with E-state index >= 15 is 0 Å². The molecule has 1 saturated carbocycles. The number of nitrogens with zero attached hydrogens (tertiary/aromatic N) is 2. The molecule has 0 bridgehead atoms. The smallest absolute Gasteiger partial charge is 0.272 e. The van der Waals surface area contributed by atoms with Gasteiger partial charge in [0.1, 0.15) is 0 Å². The standard InChI is InChI=1S/C18H24F2N2O3/c19-16(20)12-24-17-11-13(5-8-21-17)18(23)22-9-6-15(7-10-22)25-14-3-1-2-4-14/h5,8,11,14-16H,1-4,6-7,9-10,12H2. The van der Waals surface area contributed by atoms with E-state index in [1.165, 1.54) is 25.1 Å². The molecule has 1 aromatic heterocycles. The Bertz CT molecular complexity index is 571. The summed E-state index contributed by atoms with van der Waals surface area (Å²) in [4.78, 5) is 18.2. The summed E-state index contributed by atoms with van der Waals surface area (Å²) in [6, 6.07) is 3.00. The second kappa shape index (κ2) is 8.56. The van der Waals surface area contributed by atoms with Gasteiger partial charge >= 0.3 is 0 Å². The minimum Gasteiger partial charge on any atom is -0.472 e. The summed E-state index contributed by atoms with van der Waals surface area (Å²) in [6.45, 7) is 0.562. The van der Waals surface area contributed by atoms with Gasteiger partial charge < -0.3 is 14.4 Å². The summed E-state index contributed by atoms with van der Waals surface area (Å²) in [5, 5.41) is 0. The zero-order valence-electron chi connectivity index (χ0n) is 14.2. The molecular weight excluding hydrogens is 330 g/mol. The SMILES string of the molecule is O=C(c1ccnc(OCC(F)F)c1)N1CCC(OC2CCCC2)CC1. The first kappa shape index (κ1) is 18.0. The Labute approximate surface area is 146 Å². The Hall–Kier alpha value is -1.76. The van der Waals surface area contributed by atoms with Crippen molar-refractivity contribution in [2.24, 2.45) is 0 Å². The molecule has 3 rings (SSSR count).